The van der Waals surface area contributed by atoms with Crippen molar-refractivity contribution in [2.24, 2.45) is 0 Å². The van der Waals surface area contributed by atoms with E-state index >= 15 is 0 Å². The van der Waals surface area contributed by atoms with Crippen LogP contribution in [0.5, 0.6) is 11.6 Å². The normalized spacial score (nSPS) is 10.6. The molecular weight excluding hydrogens is 379 g/mol. The highest BCUT2D eigenvalue weighted by molar-refractivity contribution is 9.10. The summed E-state index contributed by atoms with van der Waals surface area (Å²) in [7, 11) is 0. The SMILES string of the molecule is Fc1cc(Oc2cc(CCl)c(Cl)cn2)c(Br)cc1Cl. The predicted molar refractivity (Wildman–Crippen MR) is 78.0 cm³/mol. The summed E-state index contributed by atoms with van der Waals surface area (Å²) < 4.78 is 19.4. The Balaban J connectivity index is 2.33. The monoisotopic (exact) mass is 383 g/mol. The quantitative estimate of drug-likeness (QED) is 0.490. The molecule has 19 heavy (non-hydrogen) atoms. The zero-order valence-corrected chi connectivity index (χ0v) is 13.1. The Hall–Kier alpha value is -0.550. The Morgan fingerprint density at radius 3 is 2.63 bits per heavy atom. The van der Waals surface area contributed by atoms with E-state index < -0.39 is 5.82 Å². The topological polar surface area (TPSA) is 22.1 Å². The number of halogens is 5. The van der Waals surface area contributed by atoms with Crippen molar-refractivity contribution in [2.75, 3.05) is 0 Å². The van der Waals surface area contributed by atoms with Gasteiger partial charge >= 0.3 is 0 Å². The molecule has 0 saturated carbocycles. The van der Waals surface area contributed by atoms with Gasteiger partial charge in [-0.2, -0.15) is 0 Å². The molecule has 0 bridgehead atoms. The molecule has 1 aromatic heterocycles. The van der Waals surface area contributed by atoms with E-state index in [-0.39, 0.29) is 22.5 Å². The highest BCUT2D eigenvalue weighted by Gasteiger charge is 2.10. The first kappa shape index (κ1) is 14.9. The molecule has 0 amide bonds. The Bertz CT molecular complexity index is 624. The van der Waals surface area contributed by atoms with Crippen LogP contribution in [-0.4, -0.2) is 4.98 Å². The zero-order valence-electron chi connectivity index (χ0n) is 9.26. The molecule has 1 aromatic carbocycles. The molecular formula is C12H6BrCl3FNO. The van der Waals surface area contributed by atoms with Gasteiger partial charge in [0.1, 0.15) is 11.6 Å². The van der Waals surface area contributed by atoms with Gasteiger partial charge in [-0.15, -0.1) is 11.6 Å². The number of pyridine rings is 1. The largest absolute Gasteiger partial charge is 0.438 e. The summed E-state index contributed by atoms with van der Waals surface area (Å²) in [6.07, 6.45) is 1.43. The van der Waals surface area contributed by atoms with Gasteiger partial charge in [0, 0.05) is 24.2 Å². The average molecular weight is 385 g/mol. The number of hydrogen-bond donors (Lipinski definition) is 0. The Kier molecular flexibility index (Phi) is 4.90. The maximum absolute atomic E-state index is 13.4. The first-order chi connectivity index (χ1) is 9.01. The Morgan fingerprint density at radius 2 is 1.95 bits per heavy atom. The van der Waals surface area contributed by atoms with E-state index in [2.05, 4.69) is 20.9 Å². The molecule has 2 aromatic rings. The lowest BCUT2D eigenvalue weighted by Gasteiger charge is -2.09. The van der Waals surface area contributed by atoms with Crippen LogP contribution < -0.4 is 4.74 Å². The highest BCUT2D eigenvalue weighted by atomic mass is 79.9. The second-order valence-electron chi connectivity index (χ2n) is 3.55. The second kappa shape index (κ2) is 6.27. The van der Waals surface area contributed by atoms with Crippen molar-refractivity contribution in [2.45, 2.75) is 5.88 Å². The van der Waals surface area contributed by atoms with Crippen molar-refractivity contribution in [3.63, 3.8) is 0 Å². The summed E-state index contributed by atoms with van der Waals surface area (Å²) in [5.41, 5.74) is 0.680. The fourth-order valence-electron chi connectivity index (χ4n) is 1.31. The Labute approximate surface area is 132 Å². The van der Waals surface area contributed by atoms with Crippen molar-refractivity contribution in [3.05, 3.63) is 50.3 Å². The van der Waals surface area contributed by atoms with Gasteiger partial charge in [0.25, 0.3) is 0 Å². The van der Waals surface area contributed by atoms with Gasteiger partial charge in [0.05, 0.1) is 14.5 Å². The first-order valence-corrected chi connectivity index (χ1v) is 7.12. The molecule has 0 aliphatic heterocycles. The number of aromatic nitrogens is 1. The van der Waals surface area contributed by atoms with Crippen LogP contribution in [0.3, 0.4) is 0 Å². The van der Waals surface area contributed by atoms with Gasteiger partial charge in [-0.3, -0.25) is 0 Å². The van der Waals surface area contributed by atoms with Gasteiger partial charge in [-0.1, -0.05) is 23.2 Å². The third-order valence-corrected chi connectivity index (χ3v) is 3.78. The van der Waals surface area contributed by atoms with Crippen LogP contribution in [0.1, 0.15) is 5.56 Å². The van der Waals surface area contributed by atoms with E-state index in [1.807, 2.05) is 0 Å². The number of hydrogen-bond acceptors (Lipinski definition) is 2. The minimum Gasteiger partial charge on any atom is -0.438 e. The molecule has 0 N–H and O–H groups in total. The average Bonchev–Trinajstić information content (AvgIpc) is 2.38. The summed E-state index contributed by atoms with van der Waals surface area (Å²) in [6.45, 7) is 0. The van der Waals surface area contributed by atoms with E-state index in [0.29, 0.717) is 15.1 Å². The molecule has 0 radical (unpaired) electrons. The smallest absolute Gasteiger partial charge is 0.219 e. The zero-order chi connectivity index (χ0) is 14.0. The second-order valence-corrected chi connectivity index (χ2v) is 5.48. The molecule has 0 spiro atoms. The standard InChI is InChI=1S/C12H6BrCl3FNO/c13-7-2-8(15)10(17)3-11(7)19-12-1-6(4-14)9(16)5-18-12/h1-3,5H,4H2. The molecule has 0 aliphatic rings. The lowest BCUT2D eigenvalue weighted by Crippen LogP contribution is -1.92. The van der Waals surface area contributed by atoms with Crippen LogP contribution >= 0.6 is 50.7 Å². The third kappa shape index (κ3) is 3.51. The Morgan fingerprint density at radius 1 is 1.21 bits per heavy atom. The van der Waals surface area contributed by atoms with Gasteiger partial charge < -0.3 is 4.74 Å². The number of ether oxygens (including phenoxy) is 1. The molecule has 0 unspecified atom stereocenters. The van der Waals surface area contributed by atoms with Gasteiger partial charge in [0.2, 0.25) is 5.88 Å². The molecule has 0 atom stereocenters. The number of rotatable bonds is 3. The number of benzene rings is 1. The van der Waals surface area contributed by atoms with E-state index in [1.54, 1.807) is 6.07 Å². The van der Waals surface area contributed by atoms with E-state index in [0.717, 1.165) is 0 Å². The van der Waals surface area contributed by atoms with Crippen LogP contribution in [-0.2, 0) is 5.88 Å². The van der Waals surface area contributed by atoms with Crippen LogP contribution in [0.2, 0.25) is 10.0 Å². The van der Waals surface area contributed by atoms with Crippen LogP contribution in [0.15, 0.2) is 28.9 Å². The maximum atomic E-state index is 13.4. The summed E-state index contributed by atoms with van der Waals surface area (Å²) >= 11 is 20.5. The minimum absolute atomic E-state index is 0.00439. The molecule has 0 aliphatic carbocycles. The fraction of sp³-hybridized carbons (Fsp3) is 0.0833. The summed E-state index contributed by atoms with van der Waals surface area (Å²) in [6, 6.07) is 4.17. The van der Waals surface area contributed by atoms with Gasteiger partial charge in [0.15, 0.2) is 0 Å². The van der Waals surface area contributed by atoms with Crippen molar-refractivity contribution in [1.29, 1.82) is 0 Å². The van der Waals surface area contributed by atoms with E-state index in [9.17, 15) is 4.39 Å². The van der Waals surface area contributed by atoms with Crippen LogP contribution in [0.4, 0.5) is 4.39 Å². The molecule has 100 valence electrons. The van der Waals surface area contributed by atoms with Crippen LogP contribution in [0, 0.1) is 5.82 Å². The first-order valence-electron chi connectivity index (χ1n) is 5.04. The fourth-order valence-corrected chi connectivity index (χ4v) is 2.49. The van der Waals surface area contributed by atoms with Gasteiger partial charge in [-0.05, 0) is 27.6 Å². The molecule has 0 fully saturated rings. The maximum Gasteiger partial charge on any atom is 0.219 e. The molecule has 7 heteroatoms. The molecule has 2 rings (SSSR count). The molecule has 1 heterocycles. The van der Waals surface area contributed by atoms with E-state index in [1.165, 1.54) is 18.3 Å². The highest BCUT2D eigenvalue weighted by Crippen LogP contribution is 2.34. The van der Waals surface area contributed by atoms with Crippen molar-refractivity contribution < 1.29 is 9.13 Å². The lowest BCUT2D eigenvalue weighted by molar-refractivity contribution is 0.455. The van der Waals surface area contributed by atoms with Crippen LogP contribution in [0.25, 0.3) is 0 Å². The summed E-state index contributed by atoms with van der Waals surface area (Å²) in [5, 5.41) is 0.452. The molecule has 0 saturated heterocycles. The van der Waals surface area contributed by atoms with E-state index in [4.69, 9.17) is 39.5 Å². The third-order valence-electron chi connectivity index (χ3n) is 2.24. The number of nitrogens with zero attached hydrogens (tertiary/aromatic N) is 1. The van der Waals surface area contributed by atoms with Crippen molar-refractivity contribution >= 4 is 50.7 Å². The lowest BCUT2D eigenvalue weighted by atomic mass is 10.3. The van der Waals surface area contributed by atoms with Crippen molar-refractivity contribution in [1.82, 2.24) is 4.98 Å². The van der Waals surface area contributed by atoms with Gasteiger partial charge in [-0.25, -0.2) is 9.37 Å². The number of alkyl halides is 1. The minimum atomic E-state index is -0.577. The predicted octanol–water partition coefficient (Wildman–Crippen LogP) is 5.82. The molecule has 2 nitrogen and oxygen atoms in total. The summed E-state index contributed by atoms with van der Waals surface area (Å²) in [5.74, 6) is 0.180. The van der Waals surface area contributed by atoms with Crippen molar-refractivity contribution in [3.8, 4) is 11.6 Å². The summed E-state index contributed by atoms with van der Waals surface area (Å²) in [4.78, 5) is 3.99.